The molecule has 1 aromatic rings. The van der Waals surface area contributed by atoms with Crippen molar-refractivity contribution in [1.29, 1.82) is 0 Å². The van der Waals surface area contributed by atoms with Gasteiger partial charge in [0.25, 0.3) is 5.91 Å². The largest absolute Gasteiger partial charge is 0.453 e. The molecule has 0 heterocycles. The third-order valence-corrected chi connectivity index (χ3v) is 3.23. The van der Waals surface area contributed by atoms with Crippen molar-refractivity contribution in [3.8, 4) is 0 Å². The van der Waals surface area contributed by atoms with Crippen LogP contribution >= 0.6 is 11.6 Å². The molecule has 0 radical (unpaired) electrons. The molecule has 0 saturated carbocycles. The molecule has 0 aromatic heterocycles. The van der Waals surface area contributed by atoms with E-state index in [4.69, 9.17) is 16.3 Å². The van der Waals surface area contributed by atoms with Gasteiger partial charge in [0.2, 0.25) is 0 Å². The minimum Gasteiger partial charge on any atom is -0.453 e. The highest BCUT2D eigenvalue weighted by Crippen LogP contribution is 2.12. The number of esters is 1. The first-order valence-electron chi connectivity index (χ1n) is 7.40. The Bertz CT molecular complexity index is 615. The lowest BCUT2D eigenvalue weighted by atomic mass is 10.1. The molecule has 2 N–H and O–H groups in total. The molecular formula is C16H19ClN2O5. The summed E-state index contributed by atoms with van der Waals surface area (Å²) < 4.78 is 4.89. The highest BCUT2D eigenvalue weighted by atomic mass is 35.5. The van der Waals surface area contributed by atoms with Gasteiger partial charge >= 0.3 is 12.0 Å². The Morgan fingerprint density at radius 3 is 2.33 bits per heavy atom. The van der Waals surface area contributed by atoms with E-state index in [9.17, 15) is 19.2 Å². The molecule has 0 fully saturated rings. The van der Waals surface area contributed by atoms with E-state index < -0.39 is 24.0 Å². The van der Waals surface area contributed by atoms with E-state index in [1.165, 1.54) is 6.92 Å². The Hall–Kier alpha value is -2.41. The van der Waals surface area contributed by atoms with Gasteiger partial charge in [0.1, 0.15) is 0 Å². The Labute approximate surface area is 144 Å². The number of amides is 3. The van der Waals surface area contributed by atoms with Gasteiger partial charge in [-0.2, -0.15) is 0 Å². The molecule has 1 aromatic carbocycles. The van der Waals surface area contributed by atoms with E-state index in [-0.39, 0.29) is 18.6 Å². The number of urea groups is 1. The molecule has 0 aliphatic carbocycles. The smallest absolute Gasteiger partial charge is 0.321 e. The zero-order valence-electron chi connectivity index (χ0n) is 13.4. The fraction of sp³-hybridized carbons (Fsp3) is 0.375. The molecule has 8 heteroatoms. The number of rotatable bonds is 7. The summed E-state index contributed by atoms with van der Waals surface area (Å²) in [5.74, 6) is -1.67. The predicted octanol–water partition coefficient (Wildman–Crippen LogP) is 2.08. The Balaban J connectivity index is 2.39. The van der Waals surface area contributed by atoms with Gasteiger partial charge in [-0.15, -0.1) is 0 Å². The Morgan fingerprint density at radius 2 is 1.75 bits per heavy atom. The van der Waals surface area contributed by atoms with Crippen LogP contribution < -0.4 is 10.6 Å². The van der Waals surface area contributed by atoms with Crippen LogP contribution in [-0.4, -0.2) is 36.3 Å². The number of halogens is 1. The summed E-state index contributed by atoms with van der Waals surface area (Å²) in [6, 6.07) is 5.64. The molecule has 0 bridgehead atoms. The molecule has 7 nitrogen and oxygen atoms in total. The number of carbonyl (C=O) groups excluding carboxylic acids is 4. The number of ether oxygens (including phenoxy) is 1. The zero-order valence-corrected chi connectivity index (χ0v) is 14.2. The number of nitrogens with one attached hydrogen (secondary N) is 2. The van der Waals surface area contributed by atoms with Crippen molar-refractivity contribution in [3.05, 3.63) is 34.9 Å². The van der Waals surface area contributed by atoms with E-state index in [0.717, 1.165) is 0 Å². The summed E-state index contributed by atoms with van der Waals surface area (Å²) in [6.45, 7) is 3.40. The summed E-state index contributed by atoms with van der Waals surface area (Å²) in [6.07, 6.45) is -1.35. The third-order valence-electron chi connectivity index (χ3n) is 2.97. The van der Waals surface area contributed by atoms with Crippen LogP contribution in [0.15, 0.2) is 24.3 Å². The number of Topliss-reactive ketones (excluding diaryl/α,β-unsaturated/α-hetero) is 1. The molecule has 24 heavy (non-hydrogen) atoms. The zero-order chi connectivity index (χ0) is 18.1. The number of ketones is 1. The van der Waals surface area contributed by atoms with Crippen LogP contribution in [0.3, 0.4) is 0 Å². The summed E-state index contributed by atoms with van der Waals surface area (Å²) in [7, 11) is 0. The average Bonchev–Trinajstić information content (AvgIpc) is 2.53. The predicted molar refractivity (Wildman–Crippen MR) is 87.8 cm³/mol. The van der Waals surface area contributed by atoms with Crippen molar-refractivity contribution in [2.24, 2.45) is 0 Å². The Morgan fingerprint density at radius 1 is 1.12 bits per heavy atom. The van der Waals surface area contributed by atoms with Gasteiger partial charge < -0.3 is 10.1 Å². The van der Waals surface area contributed by atoms with Crippen molar-refractivity contribution in [1.82, 2.24) is 10.6 Å². The van der Waals surface area contributed by atoms with Crippen molar-refractivity contribution >= 4 is 35.3 Å². The third kappa shape index (κ3) is 6.78. The molecular weight excluding hydrogens is 336 g/mol. The molecule has 3 amide bonds. The molecule has 0 aliphatic heterocycles. The fourth-order valence-corrected chi connectivity index (χ4v) is 1.85. The van der Waals surface area contributed by atoms with Crippen molar-refractivity contribution in [2.45, 2.75) is 32.8 Å². The first-order valence-corrected chi connectivity index (χ1v) is 7.78. The standard InChI is InChI=1S/C16H19ClN2O5/c1-3-18-16(23)19-15(22)10(2)24-14(21)9-8-13(20)11-4-6-12(17)7-5-11/h4-7,10H,3,8-9H2,1-2H3,(H2,18,19,22,23). The van der Waals surface area contributed by atoms with Gasteiger partial charge in [0, 0.05) is 23.6 Å². The lowest BCUT2D eigenvalue weighted by Crippen LogP contribution is -2.44. The lowest BCUT2D eigenvalue weighted by Gasteiger charge is -2.12. The van der Waals surface area contributed by atoms with Crippen LogP contribution in [0.25, 0.3) is 0 Å². The second-order valence-corrected chi connectivity index (χ2v) is 5.35. The summed E-state index contributed by atoms with van der Waals surface area (Å²) in [4.78, 5) is 46.4. The summed E-state index contributed by atoms with van der Waals surface area (Å²) >= 11 is 5.73. The minimum absolute atomic E-state index is 0.0505. The van der Waals surface area contributed by atoms with Crippen LogP contribution in [-0.2, 0) is 14.3 Å². The minimum atomic E-state index is -1.13. The van der Waals surface area contributed by atoms with Gasteiger partial charge in [-0.1, -0.05) is 11.6 Å². The maximum Gasteiger partial charge on any atom is 0.321 e. The average molecular weight is 355 g/mol. The first kappa shape index (κ1) is 19.6. The van der Waals surface area contributed by atoms with Crippen LogP contribution in [0.5, 0.6) is 0 Å². The first-order chi connectivity index (χ1) is 11.3. The molecule has 0 saturated heterocycles. The van der Waals surface area contributed by atoms with Crippen molar-refractivity contribution < 1.29 is 23.9 Å². The summed E-state index contributed by atoms with van der Waals surface area (Å²) in [5.41, 5.74) is 0.439. The second kappa shape index (κ2) is 9.67. The van der Waals surface area contributed by atoms with E-state index >= 15 is 0 Å². The molecule has 0 aliphatic rings. The van der Waals surface area contributed by atoms with Gasteiger partial charge in [0.05, 0.1) is 6.42 Å². The number of carbonyl (C=O) groups is 4. The lowest BCUT2D eigenvalue weighted by molar-refractivity contribution is -0.154. The van der Waals surface area contributed by atoms with Gasteiger partial charge in [0.15, 0.2) is 11.9 Å². The van der Waals surface area contributed by atoms with Crippen molar-refractivity contribution in [2.75, 3.05) is 6.54 Å². The van der Waals surface area contributed by atoms with Gasteiger partial charge in [-0.05, 0) is 38.1 Å². The molecule has 1 atom stereocenters. The molecule has 1 rings (SSSR count). The SMILES string of the molecule is CCNC(=O)NC(=O)C(C)OC(=O)CCC(=O)c1ccc(Cl)cc1. The van der Waals surface area contributed by atoms with E-state index in [2.05, 4.69) is 5.32 Å². The highest BCUT2D eigenvalue weighted by molar-refractivity contribution is 6.30. The van der Waals surface area contributed by atoms with Gasteiger partial charge in [-0.25, -0.2) is 4.79 Å². The fourth-order valence-electron chi connectivity index (χ4n) is 1.72. The quantitative estimate of drug-likeness (QED) is 0.576. The van der Waals surface area contributed by atoms with E-state index in [1.54, 1.807) is 31.2 Å². The molecule has 130 valence electrons. The van der Waals surface area contributed by atoms with Crippen LogP contribution in [0.2, 0.25) is 5.02 Å². The maximum absolute atomic E-state index is 11.9. The number of hydrogen-bond acceptors (Lipinski definition) is 5. The highest BCUT2D eigenvalue weighted by Gasteiger charge is 2.20. The van der Waals surface area contributed by atoms with Crippen LogP contribution in [0, 0.1) is 0 Å². The van der Waals surface area contributed by atoms with Gasteiger partial charge in [-0.3, -0.25) is 19.7 Å². The van der Waals surface area contributed by atoms with Crippen LogP contribution in [0.4, 0.5) is 4.79 Å². The number of benzene rings is 1. The van der Waals surface area contributed by atoms with E-state index in [1.807, 2.05) is 5.32 Å². The number of imide groups is 1. The number of hydrogen-bond donors (Lipinski definition) is 2. The molecule has 1 unspecified atom stereocenters. The second-order valence-electron chi connectivity index (χ2n) is 4.91. The summed E-state index contributed by atoms with van der Waals surface area (Å²) in [5, 5.41) is 4.93. The normalized spacial score (nSPS) is 11.3. The monoisotopic (exact) mass is 354 g/mol. The Kier molecular flexibility index (Phi) is 7.91. The van der Waals surface area contributed by atoms with Crippen molar-refractivity contribution in [3.63, 3.8) is 0 Å². The van der Waals surface area contributed by atoms with E-state index in [0.29, 0.717) is 17.1 Å². The molecule has 0 spiro atoms. The topological polar surface area (TPSA) is 102 Å². The maximum atomic E-state index is 11.9. The van der Waals surface area contributed by atoms with Crippen LogP contribution in [0.1, 0.15) is 37.0 Å².